The minimum absolute atomic E-state index is 0.815. The van der Waals surface area contributed by atoms with Gasteiger partial charge in [-0.05, 0) is 12.1 Å². The fourth-order valence-corrected chi connectivity index (χ4v) is 1.62. The van der Waals surface area contributed by atoms with E-state index in [1.807, 2.05) is 41.1 Å². The Morgan fingerprint density at radius 1 is 1.38 bits per heavy atom. The third-order valence-electron chi connectivity index (χ3n) is 1.98. The number of pyridine rings is 1. The highest BCUT2D eigenvalue weighted by Crippen LogP contribution is 2.06. The number of fused-ring (bicyclic) bond motifs is 1. The Kier molecular flexibility index (Phi) is 2.02. The summed E-state index contributed by atoms with van der Waals surface area (Å²) in [7, 11) is 0. The molecule has 2 aromatic rings. The molecule has 0 atom stereocenters. The highest BCUT2D eigenvalue weighted by molar-refractivity contribution is 7.71. The Balaban J connectivity index is 2.75. The van der Waals surface area contributed by atoms with Crippen molar-refractivity contribution in [2.75, 3.05) is 0 Å². The van der Waals surface area contributed by atoms with Crippen LogP contribution in [0.3, 0.4) is 0 Å². The molecular formula is C10H10N2S. The lowest BCUT2D eigenvalue weighted by Gasteiger charge is -1.99. The molecule has 0 saturated heterocycles. The lowest BCUT2D eigenvalue weighted by atomic mass is 10.5. The van der Waals surface area contributed by atoms with Gasteiger partial charge < -0.3 is 4.57 Å². The van der Waals surface area contributed by atoms with E-state index in [1.54, 1.807) is 0 Å². The van der Waals surface area contributed by atoms with Crippen LogP contribution >= 0.6 is 12.2 Å². The van der Waals surface area contributed by atoms with Gasteiger partial charge in [-0.15, -0.1) is 6.58 Å². The molecule has 0 aromatic carbocycles. The van der Waals surface area contributed by atoms with Crippen LogP contribution in [0.4, 0.5) is 0 Å². The zero-order valence-corrected chi connectivity index (χ0v) is 8.00. The molecule has 0 bridgehead atoms. The van der Waals surface area contributed by atoms with Crippen LogP contribution in [-0.2, 0) is 6.54 Å². The monoisotopic (exact) mass is 190 g/mol. The number of rotatable bonds is 2. The minimum atomic E-state index is 0.815. The molecule has 2 heterocycles. The van der Waals surface area contributed by atoms with Gasteiger partial charge in [-0.25, -0.2) is 0 Å². The van der Waals surface area contributed by atoms with E-state index in [1.165, 1.54) is 0 Å². The molecule has 0 unspecified atom stereocenters. The average molecular weight is 190 g/mol. The largest absolute Gasteiger partial charge is 0.329 e. The van der Waals surface area contributed by atoms with Gasteiger partial charge in [0.15, 0.2) is 0 Å². The molecule has 0 aliphatic rings. The number of hydrogen-bond acceptors (Lipinski definition) is 1. The summed E-state index contributed by atoms with van der Waals surface area (Å²) < 4.78 is 4.92. The molecule has 0 fully saturated rings. The number of imidazole rings is 1. The van der Waals surface area contributed by atoms with E-state index in [9.17, 15) is 0 Å². The van der Waals surface area contributed by atoms with Gasteiger partial charge in [0.05, 0.1) is 0 Å². The van der Waals surface area contributed by atoms with Gasteiger partial charge in [0, 0.05) is 18.9 Å². The Hall–Kier alpha value is -1.35. The molecule has 13 heavy (non-hydrogen) atoms. The Bertz CT molecular complexity index is 493. The lowest BCUT2D eigenvalue weighted by molar-refractivity contribution is 0.855. The summed E-state index contributed by atoms with van der Waals surface area (Å²) in [5.41, 5.74) is 1.10. The second-order valence-corrected chi connectivity index (χ2v) is 3.25. The number of aromatic nitrogens is 2. The molecule has 0 radical (unpaired) electrons. The van der Waals surface area contributed by atoms with Crippen molar-refractivity contribution in [2.45, 2.75) is 6.54 Å². The van der Waals surface area contributed by atoms with Gasteiger partial charge in [0.2, 0.25) is 0 Å². The van der Waals surface area contributed by atoms with Crippen molar-refractivity contribution in [3.63, 3.8) is 0 Å². The van der Waals surface area contributed by atoms with Gasteiger partial charge in [0.1, 0.15) is 10.3 Å². The standard InChI is InChI=1S/C10H10N2S/c1-2-6-11-7-8-12-9(11)4-3-5-10(12)13/h2-5,7-8H,1,6H2. The summed E-state index contributed by atoms with van der Waals surface area (Å²) in [5.74, 6) is 0. The predicted octanol–water partition coefficient (Wildman–Crippen LogP) is 2.66. The highest BCUT2D eigenvalue weighted by Gasteiger charge is 1.96. The van der Waals surface area contributed by atoms with Crippen LogP contribution < -0.4 is 0 Å². The molecule has 2 nitrogen and oxygen atoms in total. The second-order valence-electron chi connectivity index (χ2n) is 2.83. The SMILES string of the molecule is C=CCn1ccn2c(=S)cccc12. The Labute approximate surface area is 81.7 Å². The normalized spacial score (nSPS) is 10.5. The first-order valence-corrected chi connectivity index (χ1v) is 4.51. The van der Waals surface area contributed by atoms with Gasteiger partial charge in [0.25, 0.3) is 0 Å². The zero-order valence-electron chi connectivity index (χ0n) is 7.18. The van der Waals surface area contributed by atoms with Crippen LogP contribution in [0, 0.1) is 4.64 Å². The molecule has 0 aliphatic carbocycles. The van der Waals surface area contributed by atoms with Crippen LogP contribution in [0.25, 0.3) is 5.65 Å². The summed E-state index contributed by atoms with van der Waals surface area (Å²) in [6, 6.07) is 5.93. The van der Waals surface area contributed by atoms with Crippen molar-refractivity contribution in [3.05, 3.63) is 47.9 Å². The molecule has 3 heteroatoms. The third-order valence-corrected chi connectivity index (χ3v) is 2.32. The number of allylic oxidation sites excluding steroid dienone is 1. The van der Waals surface area contributed by atoms with E-state index >= 15 is 0 Å². The highest BCUT2D eigenvalue weighted by atomic mass is 32.1. The minimum Gasteiger partial charge on any atom is -0.329 e. The lowest BCUT2D eigenvalue weighted by Crippen LogP contribution is -1.94. The van der Waals surface area contributed by atoms with Crippen LogP contribution in [0.15, 0.2) is 43.2 Å². The Morgan fingerprint density at radius 2 is 2.23 bits per heavy atom. The maximum absolute atomic E-state index is 5.17. The Morgan fingerprint density at radius 3 is 3.00 bits per heavy atom. The van der Waals surface area contributed by atoms with E-state index in [0.717, 1.165) is 16.8 Å². The van der Waals surface area contributed by atoms with E-state index in [0.29, 0.717) is 0 Å². The topological polar surface area (TPSA) is 9.34 Å². The third kappa shape index (κ3) is 1.31. The van der Waals surface area contributed by atoms with Crippen molar-refractivity contribution in [1.29, 1.82) is 0 Å². The molecule has 0 amide bonds. The molecule has 0 saturated carbocycles. The van der Waals surface area contributed by atoms with Crippen LogP contribution in [-0.4, -0.2) is 8.97 Å². The molecular weight excluding hydrogens is 180 g/mol. The average Bonchev–Trinajstić information content (AvgIpc) is 2.51. The maximum Gasteiger partial charge on any atom is 0.118 e. The number of hydrogen-bond donors (Lipinski definition) is 0. The van der Waals surface area contributed by atoms with Crippen LogP contribution in [0.2, 0.25) is 0 Å². The summed E-state index contributed by atoms with van der Waals surface area (Å²) in [5, 5.41) is 0. The first-order valence-electron chi connectivity index (χ1n) is 4.10. The predicted molar refractivity (Wildman–Crippen MR) is 56.4 cm³/mol. The smallest absolute Gasteiger partial charge is 0.118 e. The van der Waals surface area contributed by atoms with Crippen molar-refractivity contribution in [1.82, 2.24) is 8.97 Å². The van der Waals surface area contributed by atoms with Crippen molar-refractivity contribution in [2.24, 2.45) is 0 Å². The molecule has 2 rings (SSSR count). The van der Waals surface area contributed by atoms with Gasteiger partial charge in [-0.3, -0.25) is 4.40 Å². The quantitative estimate of drug-likeness (QED) is 0.522. The van der Waals surface area contributed by atoms with Crippen molar-refractivity contribution in [3.8, 4) is 0 Å². The van der Waals surface area contributed by atoms with Gasteiger partial charge in [-0.1, -0.05) is 24.4 Å². The van der Waals surface area contributed by atoms with Crippen LogP contribution in [0.5, 0.6) is 0 Å². The molecule has 0 N–H and O–H groups in total. The second kappa shape index (κ2) is 3.18. The first kappa shape index (κ1) is 8.26. The van der Waals surface area contributed by atoms with E-state index in [4.69, 9.17) is 12.2 Å². The molecule has 0 spiro atoms. The van der Waals surface area contributed by atoms with Gasteiger partial charge >= 0.3 is 0 Å². The van der Waals surface area contributed by atoms with E-state index in [2.05, 4.69) is 11.1 Å². The van der Waals surface area contributed by atoms with E-state index < -0.39 is 0 Å². The zero-order chi connectivity index (χ0) is 9.26. The summed E-state index contributed by atoms with van der Waals surface area (Å²) in [6.45, 7) is 4.52. The van der Waals surface area contributed by atoms with Crippen molar-refractivity contribution < 1.29 is 0 Å². The van der Waals surface area contributed by atoms with E-state index in [-0.39, 0.29) is 0 Å². The van der Waals surface area contributed by atoms with Crippen molar-refractivity contribution >= 4 is 17.9 Å². The summed E-state index contributed by atoms with van der Waals surface area (Å²) in [6.07, 6.45) is 5.85. The summed E-state index contributed by atoms with van der Waals surface area (Å²) in [4.78, 5) is 0. The fraction of sp³-hybridized carbons (Fsp3) is 0.100. The molecule has 0 aliphatic heterocycles. The first-order chi connectivity index (χ1) is 6.33. The fourth-order valence-electron chi connectivity index (χ4n) is 1.39. The van der Waals surface area contributed by atoms with Crippen LogP contribution in [0.1, 0.15) is 0 Å². The summed E-state index contributed by atoms with van der Waals surface area (Å²) >= 11 is 5.17. The van der Waals surface area contributed by atoms with Gasteiger partial charge in [-0.2, -0.15) is 0 Å². The molecule has 2 aromatic heterocycles. The molecule has 66 valence electrons. The number of nitrogens with zero attached hydrogens (tertiary/aromatic N) is 2. The maximum atomic E-state index is 5.17.